The van der Waals surface area contributed by atoms with E-state index in [-0.39, 0.29) is 16.7 Å². The Morgan fingerprint density at radius 3 is 2.65 bits per heavy atom. The molecule has 23 heavy (non-hydrogen) atoms. The maximum absolute atomic E-state index is 10.0. The number of aliphatic imine (C=N–C) groups is 1. The summed E-state index contributed by atoms with van der Waals surface area (Å²) in [5, 5.41) is 13.5. The van der Waals surface area contributed by atoms with Gasteiger partial charge in [-0.25, -0.2) is 0 Å². The lowest BCUT2D eigenvalue weighted by Crippen LogP contribution is -2.10. The van der Waals surface area contributed by atoms with Crippen molar-refractivity contribution in [3.05, 3.63) is 59.4 Å². The minimum Gasteiger partial charge on any atom is -0.492 e. The molecule has 0 fully saturated rings. The van der Waals surface area contributed by atoms with Gasteiger partial charge in [0.1, 0.15) is 17.2 Å². The van der Waals surface area contributed by atoms with Crippen molar-refractivity contribution < 1.29 is 9.52 Å². The lowest BCUT2D eigenvalue weighted by Gasteiger charge is -2.12. The summed E-state index contributed by atoms with van der Waals surface area (Å²) in [5.74, 6) is 1.36. The number of hydrogen-bond acceptors (Lipinski definition) is 6. The third-order valence-corrected chi connectivity index (χ3v) is 3.64. The fraction of sp³-hybridized carbons (Fsp3) is 0.188. The Bertz CT molecular complexity index is 737. The van der Waals surface area contributed by atoms with E-state index < -0.39 is 0 Å². The fourth-order valence-corrected chi connectivity index (χ4v) is 2.14. The molecule has 7 heteroatoms. The second-order valence-corrected chi connectivity index (χ2v) is 5.63. The number of furan rings is 1. The van der Waals surface area contributed by atoms with Crippen LogP contribution >= 0.6 is 11.8 Å². The molecule has 0 aliphatic carbocycles. The van der Waals surface area contributed by atoms with E-state index in [9.17, 15) is 5.11 Å². The molecule has 0 amide bonds. The van der Waals surface area contributed by atoms with Gasteiger partial charge in [0, 0.05) is 11.3 Å². The Labute approximate surface area is 139 Å². The number of para-hydroxylation sites is 1. The van der Waals surface area contributed by atoms with Gasteiger partial charge in [0.25, 0.3) is 0 Å². The van der Waals surface area contributed by atoms with Gasteiger partial charge in [0.2, 0.25) is 5.88 Å². The van der Waals surface area contributed by atoms with Crippen LogP contribution in [-0.4, -0.2) is 16.5 Å². The van der Waals surface area contributed by atoms with Crippen LogP contribution in [-0.2, 0) is 6.54 Å². The van der Waals surface area contributed by atoms with Crippen LogP contribution < -0.4 is 16.8 Å². The lowest BCUT2D eigenvalue weighted by atomic mass is 10.1. The van der Waals surface area contributed by atoms with E-state index in [0.29, 0.717) is 12.1 Å². The van der Waals surface area contributed by atoms with Crippen LogP contribution in [0.2, 0.25) is 0 Å². The van der Waals surface area contributed by atoms with E-state index in [1.54, 1.807) is 12.3 Å². The van der Waals surface area contributed by atoms with Crippen molar-refractivity contribution in [2.45, 2.75) is 13.5 Å². The molecule has 0 atom stereocenters. The predicted octanol–water partition coefficient (Wildman–Crippen LogP) is 3.02. The summed E-state index contributed by atoms with van der Waals surface area (Å²) in [6, 6.07) is 11.2. The summed E-state index contributed by atoms with van der Waals surface area (Å²) in [7, 11) is 0. The first-order valence-electron chi connectivity index (χ1n) is 6.96. The maximum atomic E-state index is 10.0. The molecular weight excluding hydrogens is 312 g/mol. The molecule has 6 nitrogen and oxygen atoms in total. The average molecular weight is 332 g/mol. The largest absolute Gasteiger partial charge is 0.492 e. The number of amidine groups is 1. The van der Waals surface area contributed by atoms with Gasteiger partial charge in [0.05, 0.1) is 6.54 Å². The number of anilines is 1. The van der Waals surface area contributed by atoms with E-state index in [1.807, 2.05) is 37.3 Å². The first-order valence-corrected chi connectivity index (χ1v) is 8.19. The molecule has 1 aromatic heterocycles. The zero-order chi connectivity index (χ0) is 16.8. The number of hydrogen-bond donors (Lipinski definition) is 4. The van der Waals surface area contributed by atoms with Gasteiger partial charge in [-0.2, -0.15) is 4.99 Å². The van der Waals surface area contributed by atoms with Crippen LogP contribution in [0.25, 0.3) is 5.70 Å². The van der Waals surface area contributed by atoms with Gasteiger partial charge in [-0.05, 0) is 31.4 Å². The molecule has 0 radical (unpaired) electrons. The number of nitrogens with two attached hydrogens (primary N) is 2. The molecule has 0 unspecified atom stereocenters. The molecule has 0 aliphatic heterocycles. The fourth-order valence-electron chi connectivity index (χ4n) is 1.97. The molecule has 6 N–H and O–H groups in total. The number of aryl methyl sites for hydroxylation is 1. The zero-order valence-electron chi connectivity index (χ0n) is 13.0. The van der Waals surface area contributed by atoms with Gasteiger partial charge in [-0.15, -0.1) is 0 Å². The summed E-state index contributed by atoms with van der Waals surface area (Å²) in [5.41, 5.74) is 13.2. The lowest BCUT2D eigenvalue weighted by molar-refractivity contribution is 0.409. The highest BCUT2D eigenvalue weighted by molar-refractivity contribution is 8.13. The van der Waals surface area contributed by atoms with Crippen molar-refractivity contribution >= 4 is 28.3 Å². The SMILES string of the molecule is CS/C(N)=N/C(O)=C(\N)c1ccccc1NCc1ccc(C)o1. The molecule has 122 valence electrons. The van der Waals surface area contributed by atoms with Gasteiger partial charge >= 0.3 is 0 Å². The molecule has 1 heterocycles. The molecule has 0 spiro atoms. The molecule has 1 aromatic carbocycles. The number of benzene rings is 1. The van der Waals surface area contributed by atoms with Crippen LogP contribution in [0.4, 0.5) is 5.69 Å². The maximum Gasteiger partial charge on any atom is 0.237 e. The zero-order valence-corrected chi connectivity index (χ0v) is 13.9. The highest BCUT2D eigenvalue weighted by atomic mass is 32.2. The summed E-state index contributed by atoms with van der Waals surface area (Å²) < 4.78 is 5.52. The van der Waals surface area contributed by atoms with Crippen molar-refractivity contribution in [2.75, 3.05) is 11.6 Å². The molecule has 0 saturated carbocycles. The number of nitrogens with one attached hydrogen (secondary N) is 1. The average Bonchev–Trinajstić information content (AvgIpc) is 2.97. The number of thioether (sulfide) groups is 1. The normalized spacial score (nSPS) is 12.9. The number of aliphatic hydroxyl groups is 1. The minimum absolute atomic E-state index is 0.153. The van der Waals surface area contributed by atoms with Crippen molar-refractivity contribution in [2.24, 2.45) is 16.5 Å². The first-order chi connectivity index (χ1) is 11.0. The Kier molecular flexibility index (Phi) is 5.59. The van der Waals surface area contributed by atoms with E-state index in [0.717, 1.165) is 17.2 Å². The van der Waals surface area contributed by atoms with Crippen molar-refractivity contribution in [1.29, 1.82) is 0 Å². The number of aliphatic hydroxyl groups excluding tert-OH is 1. The summed E-state index contributed by atoms with van der Waals surface area (Å²) in [6.07, 6.45) is 1.77. The Balaban J connectivity index is 2.24. The van der Waals surface area contributed by atoms with Gasteiger partial charge in [-0.1, -0.05) is 30.0 Å². The molecule has 2 aromatic rings. The smallest absolute Gasteiger partial charge is 0.237 e. The quantitative estimate of drug-likeness (QED) is 0.381. The highest BCUT2D eigenvalue weighted by Crippen LogP contribution is 2.23. The van der Waals surface area contributed by atoms with E-state index in [1.165, 1.54) is 11.8 Å². The van der Waals surface area contributed by atoms with Crippen molar-refractivity contribution in [3.8, 4) is 0 Å². The monoisotopic (exact) mass is 332 g/mol. The third-order valence-electron chi connectivity index (χ3n) is 3.13. The van der Waals surface area contributed by atoms with Gasteiger partial charge in [0.15, 0.2) is 5.17 Å². The predicted molar refractivity (Wildman–Crippen MR) is 96.1 cm³/mol. The van der Waals surface area contributed by atoms with Crippen LogP contribution in [0.5, 0.6) is 0 Å². The summed E-state index contributed by atoms with van der Waals surface area (Å²) >= 11 is 1.23. The van der Waals surface area contributed by atoms with E-state index in [2.05, 4.69) is 10.3 Å². The number of rotatable bonds is 5. The standard InChI is InChI=1S/C16H20N4O2S/c1-10-7-8-11(22-10)9-19-13-6-4-3-5-12(13)14(17)15(21)20-16(18)23-2/h3-8,19,21H,9,17H2,1-2H3,(H2,18,20)/b15-14+. The Morgan fingerprint density at radius 2 is 2.00 bits per heavy atom. The van der Waals surface area contributed by atoms with Gasteiger partial charge in [-0.3, -0.25) is 0 Å². The molecular formula is C16H20N4O2S. The third kappa shape index (κ3) is 4.46. The topological polar surface area (TPSA) is 110 Å². The Morgan fingerprint density at radius 1 is 1.26 bits per heavy atom. The van der Waals surface area contributed by atoms with E-state index in [4.69, 9.17) is 15.9 Å². The molecule has 0 saturated heterocycles. The highest BCUT2D eigenvalue weighted by Gasteiger charge is 2.10. The van der Waals surface area contributed by atoms with Crippen LogP contribution in [0.15, 0.2) is 51.7 Å². The van der Waals surface area contributed by atoms with Crippen LogP contribution in [0, 0.1) is 6.92 Å². The summed E-state index contributed by atoms with van der Waals surface area (Å²) in [6.45, 7) is 2.40. The van der Waals surface area contributed by atoms with E-state index >= 15 is 0 Å². The van der Waals surface area contributed by atoms with Crippen LogP contribution in [0.1, 0.15) is 17.1 Å². The van der Waals surface area contributed by atoms with Crippen molar-refractivity contribution in [1.82, 2.24) is 0 Å². The second-order valence-electron chi connectivity index (χ2n) is 4.80. The second kappa shape index (κ2) is 7.64. The first kappa shape index (κ1) is 16.8. The molecule has 0 aliphatic rings. The van der Waals surface area contributed by atoms with Crippen molar-refractivity contribution in [3.63, 3.8) is 0 Å². The summed E-state index contributed by atoms with van der Waals surface area (Å²) in [4.78, 5) is 3.86. The van der Waals surface area contributed by atoms with Crippen LogP contribution in [0.3, 0.4) is 0 Å². The number of nitrogens with zero attached hydrogens (tertiary/aromatic N) is 1. The molecule has 2 rings (SSSR count). The Hall–Kier alpha value is -2.54. The van der Waals surface area contributed by atoms with Gasteiger partial charge < -0.3 is 26.3 Å². The minimum atomic E-state index is -0.306. The molecule has 0 bridgehead atoms.